The normalized spacial score (nSPS) is 17.0. The van der Waals surface area contributed by atoms with Crippen molar-refractivity contribution in [2.45, 2.75) is 39.8 Å². The summed E-state index contributed by atoms with van der Waals surface area (Å²) in [7, 11) is 0. The number of ketones is 1. The molecule has 1 aliphatic heterocycles. The molecule has 6 nitrogen and oxygen atoms in total. The minimum atomic E-state index is -0.278. The van der Waals surface area contributed by atoms with Gasteiger partial charge in [-0.15, -0.1) is 0 Å². The zero-order valence-electron chi connectivity index (χ0n) is 13.7. The molecule has 0 amide bonds. The van der Waals surface area contributed by atoms with E-state index in [0.29, 0.717) is 11.5 Å². The van der Waals surface area contributed by atoms with Crippen molar-refractivity contribution in [2.24, 2.45) is 0 Å². The number of rotatable bonds is 4. The maximum Gasteiger partial charge on any atom is 0.226 e. The quantitative estimate of drug-likeness (QED) is 0.940. The van der Waals surface area contributed by atoms with Crippen LogP contribution in [0, 0.1) is 0 Å². The van der Waals surface area contributed by atoms with Crippen LogP contribution < -0.4 is 10.1 Å². The first kappa shape index (κ1) is 15.3. The van der Waals surface area contributed by atoms with Crippen molar-refractivity contribution in [3.05, 3.63) is 47.4 Å². The molecule has 0 radical (unpaired) electrons. The zero-order chi connectivity index (χ0) is 16.6. The van der Waals surface area contributed by atoms with E-state index in [0.717, 1.165) is 17.0 Å². The lowest BCUT2D eigenvalue weighted by molar-refractivity contribution is -0.114. The molecule has 0 spiro atoms. The van der Waals surface area contributed by atoms with Gasteiger partial charge in [0.2, 0.25) is 5.95 Å². The minimum Gasteiger partial charge on any atom is -0.491 e. The smallest absolute Gasteiger partial charge is 0.226 e. The molecular weight excluding hydrogens is 292 g/mol. The molecule has 3 rings (SSSR count). The van der Waals surface area contributed by atoms with Crippen molar-refractivity contribution in [3.8, 4) is 5.75 Å². The molecule has 6 heteroatoms. The molecule has 1 aromatic carbocycles. The number of anilines is 1. The number of carbonyl (C=O) groups excluding carboxylic acids is 1. The van der Waals surface area contributed by atoms with Crippen LogP contribution >= 0.6 is 0 Å². The van der Waals surface area contributed by atoms with Crippen molar-refractivity contribution >= 4 is 11.7 Å². The van der Waals surface area contributed by atoms with Crippen LogP contribution in [0.25, 0.3) is 0 Å². The lowest BCUT2D eigenvalue weighted by Crippen LogP contribution is -2.27. The van der Waals surface area contributed by atoms with Crippen LogP contribution in [0.1, 0.15) is 39.3 Å². The van der Waals surface area contributed by atoms with E-state index in [1.165, 1.54) is 6.33 Å². The summed E-state index contributed by atoms with van der Waals surface area (Å²) in [6, 6.07) is 7.49. The molecular formula is C17H20N4O2. The standard InChI is InChI=1S/C17H20N4O2/c1-10(2)23-14-7-5-13(6-8-14)16-15(12(4)22)11(3)20-17-18-9-19-21(16)17/h5-10,16H,1-4H3,(H,18,19,20). The Labute approximate surface area is 135 Å². The fourth-order valence-electron chi connectivity index (χ4n) is 2.86. The number of nitrogens with one attached hydrogen (secondary N) is 1. The lowest BCUT2D eigenvalue weighted by atomic mass is 9.93. The number of allylic oxidation sites excluding steroid dienone is 2. The highest BCUT2D eigenvalue weighted by molar-refractivity contribution is 5.96. The molecule has 0 bridgehead atoms. The third kappa shape index (κ3) is 2.84. The van der Waals surface area contributed by atoms with Gasteiger partial charge in [0.15, 0.2) is 5.78 Å². The number of carbonyl (C=O) groups is 1. The van der Waals surface area contributed by atoms with E-state index in [1.807, 2.05) is 45.0 Å². The van der Waals surface area contributed by atoms with Crippen LogP contribution in [0.15, 0.2) is 41.9 Å². The molecule has 1 N–H and O–H groups in total. The predicted octanol–water partition coefficient (Wildman–Crippen LogP) is 2.94. The number of nitrogens with zero attached hydrogens (tertiary/aromatic N) is 3. The lowest BCUT2D eigenvalue weighted by Gasteiger charge is -2.28. The van der Waals surface area contributed by atoms with E-state index in [2.05, 4.69) is 15.4 Å². The van der Waals surface area contributed by atoms with E-state index < -0.39 is 0 Å². The Balaban J connectivity index is 2.04. The second kappa shape index (κ2) is 5.87. The van der Waals surface area contributed by atoms with Crippen LogP contribution in [0.5, 0.6) is 5.75 Å². The Hall–Kier alpha value is -2.63. The summed E-state index contributed by atoms with van der Waals surface area (Å²) in [4.78, 5) is 16.4. The molecule has 2 heterocycles. The number of hydrogen-bond donors (Lipinski definition) is 1. The van der Waals surface area contributed by atoms with Gasteiger partial charge in [0, 0.05) is 11.3 Å². The van der Waals surface area contributed by atoms with E-state index in [1.54, 1.807) is 11.6 Å². The average molecular weight is 312 g/mol. The average Bonchev–Trinajstić information content (AvgIpc) is 2.93. The first-order chi connectivity index (χ1) is 11.0. The maximum absolute atomic E-state index is 12.2. The first-order valence-corrected chi connectivity index (χ1v) is 7.62. The first-order valence-electron chi connectivity index (χ1n) is 7.62. The summed E-state index contributed by atoms with van der Waals surface area (Å²) in [5, 5.41) is 7.41. The number of fused-ring (bicyclic) bond motifs is 1. The van der Waals surface area contributed by atoms with Crippen molar-refractivity contribution in [1.29, 1.82) is 0 Å². The van der Waals surface area contributed by atoms with Gasteiger partial charge in [-0.3, -0.25) is 4.79 Å². The Morgan fingerprint density at radius 2 is 2.00 bits per heavy atom. The molecule has 23 heavy (non-hydrogen) atoms. The highest BCUT2D eigenvalue weighted by Crippen LogP contribution is 2.35. The summed E-state index contributed by atoms with van der Waals surface area (Å²) in [5.41, 5.74) is 2.48. The van der Waals surface area contributed by atoms with E-state index >= 15 is 0 Å². The molecule has 0 saturated heterocycles. The van der Waals surface area contributed by atoms with Gasteiger partial charge in [0.25, 0.3) is 0 Å². The molecule has 1 aromatic heterocycles. The molecule has 0 fully saturated rings. The van der Waals surface area contributed by atoms with Crippen molar-refractivity contribution in [1.82, 2.24) is 14.8 Å². The van der Waals surface area contributed by atoms with Gasteiger partial charge in [0.1, 0.15) is 18.1 Å². The van der Waals surface area contributed by atoms with Gasteiger partial charge in [-0.05, 0) is 45.4 Å². The Morgan fingerprint density at radius 3 is 2.61 bits per heavy atom. The Morgan fingerprint density at radius 1 is 1.30 bits per heavy atom. The topological polar surface area (TPSA) is 69.0 Å². The van der Waals surface area contributed by atoms with E-state index in [9.17, 15) is 4.79 Å². The second-order valence-electron chi connectivity index (χ2n) is 5.89. The molecule has 0 saturated carbocycles. The van der Waals surface area contributed by atoms with Crippen molar-refractivity contribution in [2.75, 3.05) is 5.32 Å². The molecule has 0 aliphatic carbocycles. The third-order valence-corrected chi connectivity index (χ3v) is 3.74. The summed E-state index contributed by atoms with van der Waals surface area (Å²) in [6.07, 6.45) is 1.61. The monoisotopic (exact) mass is 312 g/mol. The number of Topliss-reactive ketones (excluding diaryl/α,β-unsaturated/α-hetero) is 1. The summed E-state index contributed by atoms with van der Waals surface area (Å²) in [5.74, 6) is 1.46. The number of aromatic nitrogens is 3. The highest BCUT2D eigenvalue weighted by Gasteiger charge is 2.31. The molecule has 120 valence electrons. The second-order valence-corrected chi connectivity index (χ2v) is 5.89. The van der Waals surface area contributed by atoms with Gasteiger partial charge in [-0.1, -0.05) is 12.1 Å². The van der Waals surface area contributed by atoms with Gasteiger partial charge >= 0.3 is 0 Å². The van der Waals surface area contributed by atoms with Gasteiger partial charge in [-0.25, -0.2) is 4.68 Å². The molecule has 1 unspecified atom stereocenters. The molecule has 1 atom stereocenters. The SMILES string of the molecule is CC(=O)C1=C(C)Nc2ncnn2C1c1ccc(OC(C)C)cc1. The summed E-state index contributed by atoms with van der Waals surface area (Å²) in [6.45, 7) is 7.44. The minimum absolute atomic E-state index is 0.0173. The zero-order valence-corrected chi connectivity index (χ0v) is 13.7. The van der Waals surface area contributed by atoms with Gasteiger partial charge < -0.3 is 10.1 Å². The van der Waals surface area contributed by atoms with Crippen molar-refractivity contribution < 1.29 is 9.53 Å². The maximum atomic E-state index is 12.2. The van der Waals surface area contributed by atoms with E-state index in [-0.39, 0.29) is 17.9 Å². The fraction of sp³-hybridized carbons (Fsp3) is 0.353. The van der Waals surface area contributed by atoms with Gasteiger partial charge in [-0.2, -0.15) is 10.1 Å². The largest absolute Gasteiger partial charge is 0.491 e. The fourth-order valence-corrected chi connectivity index (χ4v) is 2.86. The summed E-state index contributed by atoms with van der Waals surface area (Å²) >= 11 is 0. The number of ether oxygens (including phenoxy) is 1. The van der Waals surface area contributed by atoms with Crippen LogP contribution in [0.2, 0.25) is 0 Å². The van der Waals surface area contributed by atoms with Gasteiger partial charge in [0.05, 0.1) is 6.10 Å². The third-order valence-electron chi connectivity index (χ3n) is 3.74. The molecule has 1 aliphatic rings. The van der Waals surface area contributed by atoms with Crippen molar-refractivity contribution in [3.63, 3.8) is 0 Å². The van der Waals surface area contributed by atoms with Crippen LogP contribution in [-0.4, -0.2) is 26.7 Å². The predicted molar refractivity (Wildman–Crippen MR) is 87.4 cm³/mol. The van der Waals surface area contributed by atoms with E-state index in [4.69, 9.17) is 4.74 Å². The molecule has 2 aromatic rings. The van der Waals surface area contributed by atoms with Crippen LogP contribution in [0.3, 0.4) is 0 Å². The Bertz CT molecular complexity index is 759. The highest BCUT2D eigenvalue weighted by atomic mass is 16.5. The van der Waals surface area contributed by atoms with Crippen LogP contribution in [0.4, 0.5) is 5.95 Å². The summed E-state index contributed by atoms with van der Waals surface area (Å²) < 4.78 is 7.42. The number of benzene rings is 1. The van der Waals surface area contributed by atoms with Crippen LogP contribution in [-0.2, 0) is 4.79 Å². The number of hydrogen-bond acceptors (Lipinski definition) is 5. The Kier molecular flexibility index (Phi) is 3.90.